The summed E-state index contributed by atoms with van der Waals surface area (Å²) in [5.74, 6) is -2.13. The average Bonchev–Trinajstić information content (AvgIpc) is 2.45. The molecule has 2 aromatic carbocycles. The number of halogens is 2. The van der Waals surface area contributed by atoms with Gasteiger partial charge in [0.05, 0.1) is 0 Å². The number of nitrogens with two attached hydrogens (primary N) is 1. The molecule has 0 aliphatic carbocycles. The Bertz CT molecular complexity index is 785. The highest BCUT2D eigenvalue weighted by molar-refractivity contribution is 5.88. The molecule has 2 N–H and O–H groups in total. The van der Waals surface area contributed by atoms with Gasteiger partial charge in [0.25, 0.3) is 5.88 Å². The van der Waals surface area contributed by atoms with Crippen LogP contribution >= 0.6 is 0 Å². The van der Waals surface area contributed by atoms with E-state index in [2.05, 4.69) is 4.98 Å². The van der Waals surface area contributed by atoms with Gasteiger partial charge in [-0.3, -0.25) is 0 Å². The summed E-state index contributed by atoms with van der Waals surface area (Å²) in [7, 11) is 0. The first kappa shape index (κ1) is 12.3. The van der Waals surface area contributed by atoms with Crippen LogP contribution in [0.5, 0.6) is 11.6 Å². The summed E-state index contributed by atoms with van der Waals surface area (Å²) in [6, 6.07) is 13.5. The lowest BCUT2D eigenvalue weighted by atomic mass is 10.1. The van der Waals surface area contributed by atoms with Crippen molar-refractivity contribution in [2.24, 2.45) is 0 Å². The number of ether oxygens (including phenoxy) is 1. The Morgan fingerprint density at radius 3 is 2.55 bits per heavy atom. The van der Waals surface area contributed by atoms with Crippen molar-refractivity contribution in [3.05, 3.63) is 60.2 Å². The molecule has 0 saturated heterocycles. The average molecular weight is 272 g/mol. The number of fused-ring (bicyclic) bond motifs is 1. The predicted octanol–water partition coefficient (Wildman–Crippen LogP) is 3.89. The summed E-state index contributed by atoms with van der Waals surface area (Å²) >= 11 is 0. The fraction of sp³-hybridized carbons (Fsp3) is 0. The van der Waals surface area contributed by atoms with Crippen LogP contribution in [0.2, 0.25) is 0 Å². The number of benzene rings is 2. The smallest absolute Gasteiger partial charge is 0.258 e. The third kappa shape index (κ3) is 2.14. The minimum absolute atomic E-state index is 0.347. The Kier molecular flexibility index (Phi) is 2.95. The third-order valence-electron chi connectivity index (χ3n) is 2.88. The molecular formula is C15H10F2N2O. The summed E-state index contributed by atoms with van der Waals surface area (Å²) in [6.45, 7) is 0. The molecule has 0 saturated carbocycles. The molecule has 0 aliphatic rings. The van der Waals surface area contributed by atoms with Gasteiger partial charge < -0.3 is 10.5 Å². The molecule has 3 nitrogen and oxygen atoms in total. The van der Waals surface area contributed by atoms with Crippen LogP contribution in [-0.4, -0.2) is 4.98 Å². The number of rotatable bonds is 2. The van der Waals surface area contributed by atoms with Gasteiger partial charge >= 0.3 is 0 Å². The lowest BCUT2D eigenvalue weighted by molar-refractivity contribution is 0.422. The van der Waals surface area contributed by atoms with Gasteiger partial charge in [-0.25, -0.2) is 8.78 Å². The van der Waals surface area contributed by atoms with E-state index in [1.807, 2.05) is 30.3 Å². The number of hydrogen-bond donors (Lipinski definition) is 1. The van der Waals surface area contributed by atoms with E-state index < -0.39 is 17.5 Å². The first-order chi connectivity index (χ1) is 9.65. The molecule has 0 amide bonds. The van der Waals surface area contributed by atoms with Crippen molar-refractivity contribution in [1.29, 1.82) is 0 Å². The fourth-order valence-electron chi connectivity index (χ4n) is 1.92. The molecule has 1 aromatic heterocycles. The molecule has 0 bridgehead atoms. The molecule has 0 spiro atoms. The molecule has 0 atom stereocenters. The Labute approximate surface area is 113 Å². The molecule has 0 unspecified atom stereocenters. The Morgan fingerprint density at radius 2 is 1.70 bits per heavy atom. The highest BCUT2D eigenvalue weighted by atomic mass is 19.1. The quantitative estimate of drug-likeness (QED) is 0.770. The molecule has 0 radical (unpaired) electrons. The van der Waals surface area contributed by atoms with Gasteiger partial charge in [0.15, 0.2) is 17.5 Å². The SMILES string of the molecule is Nc1nc(Oc2cccc3ccccc23)c(F)cc1F. The van der Waals surface area contributed by atoms with Crippen LogP contribution in [0, 0.1) is 11.6 Å². The van der Waals surface area contributed by atoms with Crippen LogP contribution in [0.4, 0.5) is 14.6 Å². The van der Waals surface area contributed by atoms with Crippen LogP contribution in [0.25, 0.3) is 10.8 Å². The summed E-state index contributed by atoms with van der Waals surface area (Å²) in [6.07, 6.45) is 0. The summed E-state index contributed by atoms with van der Waals surface area (Å²) in [4.78, 5) is 3.58. The van der Waals surface area contributed by atoms with Gasteiger partial charge in [-0.15, -0.1) is 0 Å². The van der Waals surface area contributed by atoms with Gasteiger partial charge in [-0.2, -0.15) is 4.98 Å². The highest BCUT2D eigenvalue weighted by Crippen LogP contribution is 2.30. The molecule has 100 valence electrons. The number of nitrogens with zero attached hydrogens (tertiary/aromatic N) is 1. The van der Waals surface area contributed by atoms with E-state index in [-0.39, 0.29) is 5.88 Å². The van der Waals surface area contributed by atoms with E-state index in [9.17, 15) is 8.78 Å². The molecule has 5 heteroatoms. The van der Waals surface area contributed by atoms with Gasteiger partial charge in [0, 0.05) is 11.5 Å². The van der Waals surface area contributed by atoms with Crippen molar-refractivity contribution >= 4 is 16.6 Å². The summed E-state index contributed by atoms with van der Waals surface area (Å²) in [5, 5.41) is 1.75. The first-order valence-corrected chi connectivity index (χ1v) is 5.92. The lowest BCUT2D eigenvalue weighted by Crippen LogP contribution is -2.00. The Morgan fingerprint density at radius 1 is 0.950 bits per heavy atom. The first-order valence-electron chi connectivity index (χ1n) is 5.92. The molecule has 3 aromatic rings. The van der Waals surface area contributed by atoms with Crippen molar-refractivity contribution in [1.82, 2.24) is 4.98 Å². The van der Waals surface area contributed by atoms with Crippen molar-refractivity contribution in [2.75, 3.05) is 5.73 Å². The standard InChI is InChI=1S/C15H10F2N2O/c16-11-8-12(17)15(19-14(11)18)20-13-7-3-5-9-4-1-2-6-10(9)13/h1-8H,(H2,18,19). The zero-order valence-corrected chi connectivity index (χ0v) is 10.3. The van der Waals surface area contributed by atoms with Gasteiger partial charge in [-0.05, 0) is 11.5 Å². The van der Waals surface area contributed by atoms with Crippen LogP contribution in [-0.2, 0) is 0 Å². The van der Waals surface area contributed by atoms with E-state index in [0.29, 0.717) is 11.8 Å². The molecule has 1 heterocycles. The maximum Gasteiger partial charge on any atom is 0.258 e. The van der Waals surface area contributed by atoms with Crippen molar-refractivity contribution in [2.45, 2.75) is 0 Å². The van der Waals surface area contributed by atoms with Gasteiger partial charge in [-0.1, -0.05) is 36.4 Å². The van der Waals surface area contributed by atoms with Crippen LogP contribution < -0.4 is 10.5 Å². The van der Waals surface area contributed by atoms with Crippen LogP contribution in [0.1, 0.15) is 0 Å². The van der Waals surface area contributed by atoms with Crippen molar-refractivity contribution in [3.8, 4) is 11.6 Å². The summed E-state index contributed by atoms with van der Waals surface area (Å²) < 4.78 is 32.1. The topological polar surface area (TPSA) is 48.1 Å². The number of hydrogen-bond acceptors (Lipinski definition) is 3. The van der Waals surface area contributed by atoms with E-state index >= 15 is 0 Å². The van der Waals surface area contributed by atoms with Gasteiger partial charge in [0.2, 0.25) is 0 Å². The predicted molar refractivity (Wildman–Crippen MR) is 72.6 cm³/mol. The molecule has 3 rings (SSSR count). The van der Waals surface area contributed by atoms with Crippen molar-refractivity contribution in [3.63, 3.8) is 0 Å². The maximum absolute atomic E-state index is 13.6. The second-order valence-corrected chi connectivity index (χ2v) is 4.22. The van der Waals surface area contributed by atoms with Crippen LogP contribution in [0.15, 0.2) is 48.5 Å². The van der Waals surface area contributed by atoms with E-state index in [4.69, 9.17) is 10.5 Å². The fourth-order valence-corrected chi connectivity index (χ4v) is 1.92. The highest BCUT2D eigenvalue weighted by Gasteiger charge is 2.13. The lowest BCUT2D eigenvalue weighted by Gasteiger charge is -2.09. The third-order valence-corrected chi connectivity index (χ3v) is 2.88. The van der Waals surface area contributed by atoms with E-state index in [1.54, 1.807) is 12.1 Å². The summed E-state index contributed by atoms with van der Waals surface area (Å²) in [5.41, 5.74) is 5.32. The van der Waals surface area contributed by atoms with E-state index in [1.165, 1.54) is 0 Å². The normalized spacial score (nSPS) is 10.7. The van der Waals surface area contributed by atoms with Gasteiger partial charge in [0.1, 0.15) is 5.75 Å². The second-order valence-electron chi connectivity index (χ2n) is 4.22. The minimum Gasteiger partial charge on any atom is -0.436 e. The number of anilines is 1. The molecule has 0 aliphatic heterocycles. The molecular weight excluding hydrogens is 262 g/mol. The van der Waals surface area contributed by atoms with Crippen LogP contribution in [0.3, 0.4) is 0 Å². The Balaban J connectivity index is 2.08. The number of pyridine rings is 1. The monoisotopic (exact) mass is 272 g/mol. The molecule has 20 heavy (non-hydrogen) atoms. The number of aromatic nitrogens is 1. The second kappa shape index (κ2) is 4.77. The zero-order valence-electron chi connectivity index (χ0n) is 10.3. The largest absolute Gasteiger partial charge is 0.436 e. The zero-order chi connectivity index (χ0) is 14.1. The molecule has 0 fully saturated rings. The van der Waals surface area contributed by atoms with E-state index in [0.717, 1.165) is 10.8 Å². The Hall–Kier alpha value is -2.69. The number of nitrogen functional groups attached to an aromatic ring is 1. The maximum atomic E-state index is 13.6. The van der Waals surface area contributed by atoms with Crippen molar-refractivity contribution < 1.29 is 13.5 Å². The minimum atomic E-state index is -0.909.